The summed E-state index contributed by atoms with van der Waals surface area (Å²) in [6.45, 7) is 3.90. The Morgan fingerprint density at radius 1 is 1.37 bits per heavy atom. The molecule has 0 amide bonds. The molecular formula is C16H23NO2. The Morgan fingerprint density at radius 3 is 3.16 bits per heavy atom. The molecule has 2 atom stereocenters. The second kappa shape index (κ2) is 5.83. The third-order valence-electron chi connectivity index (χ3n) is 4.07. The smallest absolute Gasteiger partial charge is 0.142 e. The van der Waals surface area contributed by atoms with Gasteiger partial charge >= 0.3 is 0 Å². The number of ether oxygens (including phenoxy) is 2. The van der Waals surface area contributed by atoms with Crippen LogP contribution in [0.5, 0.6) is 5.75 Å². The Bertz CT molecular complexity index is 427. The van der Waals surface area contributed by atoms with E-state index in [4.69, 9.17) is 9.47 Å². The summed E-state index contributed by atoms with van der Waals surface area (Å²) in [5.74, 6) is 1.00. The van der Waals surface area contributed by atoms with Crippen LogP contribution in [0.25, 0.3) is 0 Å². The SMILES string of the molecule is CC1CCc2cccc(OCCC3CCCO3)c2N1. The Morgan fingerprint density at radius 2 is 2.32 bits per heavy atom. The van der Waals surface area contributed by atoms with Crippen LogP contribution in [0.2, 0.25) is 0 Å². The van der Waals surface area contributed by atoms with Crippen LogP contribution in [-0.2, 0) is 11.2 Å². The Hall–Kier alpha value is -1.22. The summed E-state index contributed by atoms with van der Waals surface area (Å²) in [6, 6.07) is 6.90. The summed E-state index contributed by atoms with van der Waals surface area (Å²) < 4.78 is 11.6. The lowest BCUT2D eigenvalue weighted by Gasteiger charge is -2.26. The molecule has 3 rings (SSSR count). The first-order valence-electron chi connectivity index (χ1n) is 7.46. The van der Waals surface area contributed by atoms with Crippen LogP contribution in [-0.4, -0.2) is 25.4 Å². The first kappa shape index (κ1) is 12.8. The molecule has 1 saturated heterocycles. The fraction of sp³-hybridized carbons (Fsp3) is 0.625. The van der Waals surface area contributed by atoms with Crippen molar-refractivity contribution < 1.29 is 9.47 Å². The van der Waals surface area contributed by atoms with E-state index in [1.165, 1.54) is 30.5 Å². The summed E-state index contributed by atoms with van der Waals surface area (Å²) in [7, 11) is 0. The number of para-hydroxylation sites is 1. The van der Waals surface area contributed by atoms with Crippen molar-refractivity contribution in [1.29, 1.82) is 0 Å². The average molecular weight is 261 g/mol. The molecule has 0 aliphatic carbocycles. The molecule has 0 bridgehead atoms. The van der Waals surface area contributed by atoms with Crippen LogP contribution >= 0.6 is 0 Å². The van der Waals surface area contributed by atoms with Crippen LogP contribution in [0.15, 0.2) is 18.2 Å². The van der Waals surface area contributed by atoms with Gasteiger partial charge in [0.1, 0.15) is 5.75 Å². The number of hydrogen-bond acceptors (Lipinski definition) is 3. The summed E-state index contributed by atoms with van der Waals surface area (Å²) in [5, 5.41) is 3.55. The highest BCUT2D eigenvalue weighted by atomic mass is 16.5. The minimum atomic E-state index is 0.409. The number of aryl methyl sites for hydroxylation is 1. The van der Waals surface area contributed by atoms with Gasteiger partial charge in [-0.1, -0.05) is 12.1 Å². The minimum Gasteiger partial charge on any atom is -0.491 e. The van der Waals surface area contributed by atoms with E-state index >= 15 is 0 Å². The van der Waals surface area contributed by atoms with Crippen molar-refractivity contribution in [3.63, 3.8) is 0 Å². The molecule has 1 aromatic carbocycles. The van der Waals surface area contributed by atoms with Crippen LogP contribution in [0, 0.1) is 0 Å². The number of benzene rings is 1. The van der Waals surface area contributed by atoms with Gasteiger partial charge in [-0.3, -0.25) is 0 Å². The van der Waals surface area contributed by atoms with Crippen LogP contribution in [0.1, 0.15) is 38.2 Å². The molecule has 104 valence electrons. The highest BCUT2D eigenvalue weighted by molar-refractivity contribution is 5.63. The van der Waals surface area contributed by atoms with Gasteiger partial charge in [-0.2, -0.15) is 0 Å². The maximum Gasteiger partial charge on any atom is 0.142 e. The van der Waals surface area contributed by atoms with Gasteiger partial charge in [0, 0.05) is 19.1 Å². The quantitative estimate of drug-likeness (QED) is 0.901. The normalized spacial score (nSPS) is 25.7. The van der Waals surface area contributed by atoms with E-state index in [0.29, 0.717) is 12.1 Å². The summed E-state index contributed by atoms with van der Waals surface area (Å²) in [6.07, 6.45) is 6.14. The molecule has 0 radical (unpaired) electrons. The lowest BCUT2D eigenvalue weighted by molar-refractivity contribution is 0.0904. The Balaban J connectivity index is 1.61. The fourth-order valence-electron chi connectivity index (χ4n) is 2.93. The van der Waals surface area contributed by atoms with Gasteiger partial charge < -0.3 is 14.8 Å². The molecule has 0 aromatic heterocycles. The topological polar surface area (TPSA) is 30.5 Å². The van der Waals surface area contributed by atoms with Crippen molar-refractivity contribution in [2.75, 3.05) is 18.5 Å². The largest absolute Gasteiger partial charge is 0.491 e. The maximum atomic E-state index is 5.97. The van der Waals surface area contributed by atoms with Gasteiger partial charge in [-0.15, -0.1) is 0 Å². The number of nitrogens with one attached hydrogen (secondary N) is 1. The monoisotopic (exact) mass is 261 g/mol. The van der Waals surface area contributed by atoms with E-state index in [2.05, 4.69) is 30.4 Å². The molecule has 3 heteroatoms. The number of hydrogen-bond donors (Lipinski definition) is 1. The molecule has 3 nitrogen and oxygen atoms in total. The Kier molecular flexibility index (Phi) is 3.92. The van der Waals surface area contributed by atoms with Crippen LogP contribution < -0.4 is 10.1 Å². The third kappa shape index (κ3) is 3.03. The predicted octanol–water partition coefficient (Wildman–Crippen LogP) is 3.38. The molecular weight excluding hydrogens is 238 g/mol. The average Bonchev–Trinajstić information content (AvgIpc) is 2.92. The van der Waals surface area contributed by atoms with E-state index in [1.807, 2.05) is 0 Å². The Labute approximate surface area is 115 Å². The van der Waals surface area contributed by atoms with Gasteiger partial charge in [0.2, 0.25) is 0 Å². The van der Waals surface area contributed by atoms with Crippen molar-refractivity contribution >= 4 is 5.69 Å². The van der Waals surface area contributed by atoms with E-state index in [1.54, 1.807) is 0 Å². The van der Waals surface area contributed by atoms with Crippen LogP contribution in [0.3, 0.4) is 0 Å². The second-order valence-corrected chi connectivity index (χ2v) is 5.65. The molecule has 1 fully saturated rings. The molecule has 2 aliphatic rings. The maximum absolute atomic E-state index is 5.97. The van der Waals surface area contributed by atoms with Gasteiger partial charge in [-0.05, 0) is 44.2 Å². The second-order valence-electron chi connectivity index (χ2n) is 5.65. The molecule has 1 aromatic rings. The van der Waals surface area contributed by atoms with E-state index in [0.717, 1.165) is 31.8 Å². The molecule has 2 heterocycles. The third-order valence-corrected chi connectivity index (χ3v) is 4.07. The zero-order valence-electron chi connectivity index (χ0n) is 11.7. The molecule has 0 saturated carbocycles. The highest BCUT2D eigenvalue weighted by Gasteiger charge is 2.19. The van der Waals surface area contributed by atoms with Gasteiger partial charge in [0.05, 0.1) is 18.4 Å². The summed E-state index contributed by atoms with van der Waals surface area (Å²) in [5.41, 5.74) is 2.58. The summed E-state index contributed by atoms with van der Waals surface area (Å²) in [4.78, 5) is 0. The van der Waals surface area contributed by atoms with Gasteiger partial charge in [0.25, 0.3) is 0 Å². The van der Waals surface area contributed by atoms with E-state index < -0.39 is 0 Å². The summed E-state index contributed by atoms with van der Waals surface area (Å²) >= 11 is 0. The van der Waals surface area contributed by atoms with Crippen molar-refractivity contribution in [3.05, 3.63) is 23.8 Å². The number of fused-ring (bicyclic) bond motifs is 1. The highest BCUT2D eigenvalue weighted by Crippen LogP contribution is 2.34. The minimum absolute atomic E-state index is 0.409. The molecule has 2 aliphatic heterocycles. The van der Waals surface area contributed by atoms with E-state index in [9.17, 15) is 0 Å². The van der Waals surface area contributed by atoms with Crippen molar-refractivity contribution in [3.8, 4) is 5.75 Å². The molecule has 0 spiro atoms. The number of rotatable bonds is 4. The zero-order chi connectivity index (χ0) is 13.1. The van der Waals surface area contributed by atoms with Crippen molar-refractivity contribution in [2.45, 2.75) is 51.2 Å². The van der Waals surface area contributed by atoms with Crippen LogP contribution in [0.4, 0.5) is 5.69 Å². The number of anilines is 1. The zero-order valence-corrected chi connectivity index (χ0v) is 11.7. The first-order chi connectivity index (χ1) is 9.33. The standard InChI is InChI=1S/C16H23NO2/c1-12-7-8-13-4-2-6-15(16(13)17-12)19-11-9-14-5-3-10-18-14/h2,4,6,12,14,17H,3,5,7-11H2,1H3. The lowest BCUT2D eigenvalue weighted by Crippen LogP contribution is -2.22. The predicted molar refractivity (Wildman–Crippen MR) is 76.9 cm³/mol. The lowest BCUT2D eigenvalue weighted by atomic mass is 9.98. The van der Waals surface area contributed by atoms with Gasteiger partial charge in [0.15, 0.2) is 0 Å². The molecule has 1 N–H and O–H groups in total. The van der Waals surface area contributed by atoms with Crippen molar-refractivity contribution in [2.24, 2.45) is 0 Å². The van der Waals surface area contributed by atoms with Crippen molar-refractivity contribution in [1.82, 2.24) is 0 Å². The first-order valence-corrected chi connectivity index (χ1v) is 7.46. The van der Waals surface area contributed by atoms with E-state index in [-0.39, 0.29) is 0 Å². The molecule has 2 unspecified atom stereocenters. The van der Waals surface area contributed by atoms with Gasteiger partial charge in [-0.25, -0.2) is 0 Å². The fourth-order valence-corrected chi connectivity index (χ4v) is 2.93. The molecule has 19 heavy (non-hydrogen) atoms.